The van der Waals surface area contributed by atoms with Crippen LogP contribution in [0.25, 0.3) is 0 Å². The number of aromatic nitrogens is 3. The van der Waals surface area contributed by atoms with E-state index in [1.165, 1.54) is 25.7 Å². The summed E-state index contributed by atoms with van der Waals surface area (Å²) in [5.41, 5.74) is 0. The highest BCUT2D eigenvalue weighted by Gasteiger charge is 2.23. The average Bonchev–Trinajstić information content (AvgIpc) is 2.83. The molecule has 1 fully saturated rings. The van der Waals surface area contributed by atoms with E-state index in [0.717, 1.165) is 29.4 Å². The Labute approximate surface area is 133 Å². The lowest BCUT2D eigenvalue weighted by atomic mass is 9.80. The van der Waals surface area contributed by atoms with Crippen molar-refractivity contribution in [2.24, 2.45) is 23.9 Å². The van der Waals surface area contributed by atoms with Gasteiger partial charge in [-0.1, -0.05) is 13.8 Å². The van der Waals surface area contributed by atoms with Crippen molar-refractivity contribution in [3.05, 3.63) is 11.6 Å². The van der Waals surface area contributed by atoms with Gasteiger partial charge < -0.3 is 15.2 Å². The molecular formula is C16H30N6. The minimum atomic E-state index is 0.530. The fourth-order valence-corrected chi connectivity index (χ4v) is 3.09. The number of aryl methyl sites for hydroxylation is 1. The van der Waals surface area contributed by atoms with Gasteiger partial charge in [-0.05, 0) is 44.4 Å². The van der Waals surface area contributed by atoms with Gasteiger partial charge in [-0.15, -0.1) is 10.2 Å². The van der Waals surface area contributed by atoms with Crippen LogP contribution in [0.1, 0.15) is 51.2 Å². The zero-order valence-electron chi connectivity index (χ0n) is 14.6. The van der Waals surface area contributed by atoms with Crippen LogP contribution < -0.4 is 10.6 Å². The van der Waals surface area contributed by atoms with Gasteiger partial charge >= 0.3 is 0 Å². The molecule has 0 bridgehead atoms. The Hall–Kier alpha value is -1.59. The van der Waals surface area contributed by atoms with Crippen molar-refractivity contribution in [3.63, 3.8) is 0 Å². The van der Waals surface area contributed by atoms with Gasteiger partial charge in [0.2, 0.25) is 0 Å². The summed E-state index contributed by atoms with van der Waals surface area (Å²) in [6.07, 6.45) is 5.09. The molecule has 124 valence electrons. The molecule has 22 heavy (non-hydrogen) atoms. The number of nitrogens with zero attached hydrogens (tertiary/aromatic N) is 4. The van der Waals surface area contributed by atoms with Crippen LogP contribution in [-0.2, 0) is 13.6 Å². The van der Waals surface area contributed by atoms with E-state index < -0.39 is 0 Å². The molecule has 1 aromatic heterocycles. The highest BCUT2D eigenvalue weighted by Crippen LogP contribution is 2.29. The van der Waals surface area contributed by atoms with E-state index in [4.69, 9.17) is 0 Å². The summed E-state index contributed by atoms with van der Waals surface area (Å²) in [7, 11) is 3.80. The predicted molar refractivity (Wildman–Crippen MR) is 89.7 cm³/mol. The molecule has 0 aromatic carbocycles. The second-order valence-corrected chi connectivity index (χ2v) is 6.65. The first-order valence-corrected chi connectivity index (χ1v) is 8.33. The van der Waals surface area contributed by atoms with Gasteiger partial charge in [0.1, 0.15) is 5.82 Å². The van der Waals surface area contributed by atoms with E-state index in [9.17, 15) is 0 Å². The Morgan fingerprint density at radius 2 is 1.95 bits per heavy atom. The Morgan fingerprint density at radius 3 is 2.45 bits per heavy atom. The molecule has 1 saturated carbocycles. The largest absolute Gasteiger partial charge is 0.354 e. The van der Waals surface area contributed by atoms with Gasteiger partial charge in [0.15, 0.2) is 11.8 Å². The van der Waals surface area contributed by atoms with Gasteiger partial charge in [-0.25, -0.2) is 0 Å². The summed E-state index contributed by atoms with van der Waals surface area (Å²) >= 11 is 0. The number of nitrogens with one attached hydrogen (secondary N) is 2. The lowest BCUT2D eigenvalue weighted by molar-refractivity contribution is 0.250. The molecule has 2 N–H and O–H groups in total. The van der Waals surface area contributed by atoms with Crippen LogP contribution in [0.3, 0.4) is 0 Å². The van der Waals surface area contributed by atoms with Crippen LogP contribution in [0.15, 0.2) is 4.99 Å². The molecule has 0 atom stereocenters. The number of aliphatic imine (C=N–C) groups is 1. The van der Waals surface area contributed by atoms with Crippen LogP contribution >= 0.6 is 0 Å². The molecule has 1 aromatic rings. The Bertz CT molecular complexity index is 497. The van der Waals surface area contributed by atoms with E-state index in [-0.39, 0.29) is 0 Å². The summed E-state index contributed by atoms with van der Waals surface area (Å²) in [4.78, 5) is 4.32. The summed E-state index contributed by atoms with van der Waals surface area (Å²) in [5.74, 6) is 4.39. The first-order chi connectivity index (χ1) is 10.5. The fraction of sp³-hybridized carbons (Fsp3) is 0.812. The normalized spacial score (nSPS) is 22.9. The van der Waals surface area contributed by atoms with E-state index >= 15 is 0 Å². The number of hydrogen-bond acceptors (Lipinski definition) is 3. The number of guanidine groups is 1. The van der Waals surface area contributed by atoms with Gasteiger partial charge in [0.05, 0.1) is 6.54 Å². The highest BCUT2D eigenvalue weighted by molar-refractivity contribution is 5.79. The van der Waals surface area contributed by atoms with Crippen LogP contribution in [0.4, 0.5) is 0 Å². The maximum absolute atomic E-state index is 4.32. The molecule has 0 radical (unpaired) electrons. The highest BCUT2D eigenvalue weighted by atomic mass is 15.3. The summed E-state index contributed by atoms with van der Waals surface area (Å²) in [5, 5.41) is 15.1. The van der Waals surface area contributed by atoms with E-state index in [1.807, 2.05) is 25.6 Å². The molecule has 1 aliphatic rings. The standard InChI is InChI=1S/C16H30N6/c1-11(2)13-6-8-14(9-7-13)19-16(17-4)18-10-15-21-20-12(3)22(15)5/h11,13-14H,6-10H2,1-5H3,(H2,17,18,19). The smallest absolute Gasteiger partial charge is 0.191 e. The molecule has 6 heteroatoms. The fourth-order valence-electron chi connectivity index (χ4n) is 3.09. The maximum atomic E-state index is 4.32. The van der Waals surface area contributed by atoms with E-state index in [2.05, 4.69) is 39.7 Å². The third-order valence-corrected chi connectivity index (χ3v) is 4.88. The lowest BCUT2D eigenvalue weighted by Gasteiger charge is -2.32. The van der Waals surface area contributed by atoms with Crippen LogP contribution in [0, 0.1) is 18.8 Å². The number of hydrogen-bond donors (Lipinski definition) is 2. The van der Waals surface area contributed by atoms with Crippen molar-refractivity contribution >= 4 is 5.96 Å². The van der Waals surface area contributed by atoms with Crippen LogP contribution in [0.5, 0.6) is 0 Å². The topological polar surface area (TPSA) is 67.1 Å². The van der Waals surface area contributed by atoms with Crippen molar-refractivity contribution in [1.82, 2.24) is 25.4 Å². The average molecular weight is 306 g/mol. The lowest BCUT2D eigenvalue weighted by Crippen LogP contribution is -2.45. The van der Waals surface area contributed by atoms with Crippen molar-refractivity contribution in [2.45, 2.75) is 59.0 Å². The van der Waals surface area contributed by atoms with Gasteiger partial charge in [0, 0.05) is 20.1 Å². The Kier molecular flexibility index (Phi) is 5.80. The first-order valence-electron chi connectivity index (χ1n) is 8.33. The molecule has 0 unspecified atom stereocenters. The minimum Gasteiger partial charge on any atom is -0.354 e. The quantitative estimate of drug-likeness (QED) is 0.659. The summed E-state index contributed by atoms with van der Waals surface area (Å²) in [6, 6.07) is 0.530. The zero-order valence-corrected chi connectivity index (χ0v) is 14.6. The maximum Gasteiger partial charge on any atom is 0.191 e. The monoisotopic (exact) mass is 306 g/mol. The molecule has 1 heterocycles. The zero-order chi connectivity index (χ0) is 16.1. The Morgan fingerprint density at radius 1 is 1.27 bits per heavy atom. The Balaban J connectivity index is 1.80. The number of rotatable bonds is 4. The van der Waals surface area contributed by atoms with E-state index in [1.54, 1.807) is 0 Å². The van der Waals surface area contributed by atoms with E-state index in [0.29, 0.717) is 12.6 Å². The summed E-state index contributed by atoms with van der Waals surface area (Å²) < 4.78 is 1.99. The molecular weight excluding hydrogens is 276 g/mol. The van der Waals surface area contributed by atoms with Crippen molar-refractivity contribution in [3.8, 4) is 0 Å². The third-order valence-electron chi connectivity index (χ3n) is 4.88. The van der Waals surface area contributed by atoms with Gasteiger partial charge in [0.25, 0.3) is 0 Å². The molecule has 0 spiro atoms. The molecule has 6 nitrogen and oxygen atoms in total. The van der Waals surface area contributed by atoms with Crippen molar-refractivity contribution in [1.29, 1.82) is 0 Å². The molecule has 0 amide bonds. The molecule has 0 aliphatic heterocycles. The predicted octanol–water partition coefficient (Wildman–Crippen LogP) is 2.00. The second kappa shape index (κ2) is 7.61. The second-order valence-electron chi connectivity index (χ2n) is 6.65. The molecule has 0 saturated heterocycles. The van der Waals surface area contributed by atoms with Crippen molar-refractivity contribution < 1.29 is 0 Å². The SMILES string of the molecule is CN=C(NCc1nnc(C)n1C)NC1CCC(C(C)C)CC1. The molecule has 2 rings (SSSR count). The summed E-state index contributed by atoms with van der Waals surface area (Å²) in [6.45, 7) is 7.26. The van der Waals surface area contributed by atoms with Crippen LogP contribution in [-0.4, -0.2) is 33.8 Å². The van der Waals surface area contributed by atoms with Gasteiger partial charge in [-0.3, -0.25) is 4.99 Å². The first kappa shape index (κ1) is 16.8. The minimum absolute atomic E-state index is 0.530. The van der Waals surface area contributed by atoms with Gasteiger partial charge in [-0.2, -0.15) is 0 Å². The van der Waals surface area contributed by atoms with Crippen LogP contribution in [0.2, 0.25) is 0 Å². The third kappa shape index (κ3) is 4.21. The van der Waals surface area contributed by atoms with Crippen molar-refractivity contribution in [2.75, 3.05) is 7.05 Å². The molecule has 1 aliphatic carbocycles.